The highest BCUT2D eigenvalue weighted by Crippen LogP contribution is 2.26. The fourth-order valence-corrected chi connectivity index (χ4v) is 3.60. The standard InChI is InChI=1S/C20H25N3O6/c1-14(24)22(8-7-21-9-11-29-12-10-21)17-13-18(25)23(19(17)26)16-5-3-15(4-6-16)20(27)28-2/h3-6,17H,7-13H2,1-2H3. The zero-order valence-corrected chi connectivity index (χ0v) is 16.6. The Morgan fingerprint density at radius 1 is 1.17 bits per heavy atom. The van der Waals surface area contributed by atoms with Crippen LogP contribution < -0.4 is 4.90 Å². The summed E-state index contributed by atoms with van der Waals surface area (Å²) in [5.41, 5.74) is 0.689. The highest BCUT2D eigenvalue weighted by molar-refractivity contribution is 6.23. The van der Waals surface area contributed by atoms with Gasteiger partial charge in [0.2, 0.25) is 11.8 Å². The van der Waals surface area contributed by atoms with Gasteiger partial charge in [-0.1, -0.05) is 0 Å². The lowest BCUT2D eigenvalue weighted by molar-refractivity contribution is -0.136. The number of anilines is 1. The monoisotopic (exact) mass is 403 g/mol. The van der Waals surface area contributed by atoms with Crippen molar-refractivity contribution in [3.05, 3.63) is 29.8 Å². The van der Waals surface area contributed by atoms with Crippen molar-refractivity contribution >= 4 is 29.4 Å². The van der Waals surface area contributed by atoms with Crippen LogP contribution in [0.1, 0.15) is 23.7 Å². The summed E-state index contributed by atoms with van der Waals surface area (Å²) in [7, 11) is 1.28. The van der Waals surface area contributed by atoms with Crippen molar-refractivity contribution < 1.29 is 28.7 Å². The molecule has 29 heavy (non-hydrogen) atoms. The van der Waals surface area contributed by atoms with Gasteiger partial charge >= 0.3 is 5.97 Å². The second-order valence-electron chi connectivity index (χ2n) is 6.99. The van der Waals surface area contributed by atoms with Crippen LogP contribution in [0.3, 0.4) is 0 Å². The Labute approximate surface area is 169 Å². The van der Waals surface area contributed by atoms with Gasteiger partial charge in [-0.25, -0.2) is 9.69 Å². The van der Waals surface area contributed by atoms with Crippen LogP contribution in [-0.4, -0.2) is 86.0 Å². The number of amides is 3. The molecule has 3 amide bonds. The molecule has 2 fully saturated rings. The van der Waals surface area contributed by atoms with Crippen LogP contribution >= 0.6 is 0 Å². The Morgan fingerprint density at radius 2 is 1.83 bits per heavy atom. The predicted molar refractivity (Wildman–Crippen MR) is 103 cm³/mol. The summed E-state index contributed by atoms with van der Waals surface area (Å²) in [6.07, 6.45) is -0.0553. The van der Waals surface area contributed by atoms with Crippen molar-refractivity contribution in [2.75, 3.05) is 51.4 Å². The number of esters is 1. The third kappa shape index (κ3) is 4.63. The second kappa shape index (κ2) is 9.15. The van der Waals surface area contributed by atoms with E-state index < -0.39 is 17.9 Å². The molecule has 1 aromatic rings. The van der Waals surface area contributed by atoms with Gasteiger partial charge in [0.25, 0.3) is 5.91 Å². The molecule has 0 radical (unpaired) electrons. The van der Waals surface area contributed by atoms with E-state index in [1.165, 1.54) is 43.2 Å². The molecule has 2 saturated heterocycles. The smallest absolute Gasteiger partial charge is 0.337 e. The second-order valence-corrected chi connectivity index (χ2v) is 6.99. The Hall–Kier alpha value is -2.78. The predicted octanol–water partition coefficient (Wildman–Crippen LogP) is 0.286. The van der Waals surface area contributed by atoms with Gasteiger partial charge < -0.3 is 14.4 Å². The van der Waals surface area contributed by atoms with E-state index in [2.05, 4.69) is 9.64 Å². The van der Waals surface area contributed by atoms with Crippen molar-refractivity contribution in [3.8, 4) is 0 Å². The number of carbonyl (C=O) groups excluding carboxylic acids is 4. The molecule has 0 spiro atoms. The zero-order chi connectivity index (χ0) is 21.0. The number of hydrogen-bond donors (Lipinski definition) is 0. The molecule has 2 aliphatic heterocycles. The lowest BCUT2D eigenvalue weighted by Crippen LogP contribution is -2.49. The molecule has 0 saturated carbocycles. The number of ether oxygens (including phenoxy) is 2. The highest BCUT2D eigenvalue weighted by Gasteiger charge is 2.43. The molecule has 3 rings (SSSR count). The maximum Gasteiger partial charge on any atom is 0.337 e. The van der Waals surface area contributed by atoms with Crippen LogP contribution in [0.2, 0.25) is 0 Å². The van der Waals surface area contributed by atoms with Crippen LogP contribution in [0.15, 0.2) is 24.3 Å². The summed E-state index contributed by atoms with van der Waals surface area (Å²) >= 11 is 0. The summed E-state index contributed by atoms with van der Waals surface area (Å²) in [6.45, 7) is 5.25. The van der Waals surface area contributed by atoms with E-state index >= 15 is 0 Å². The number of hydrogen-bond acceptors (Lipinski definition) is 7. The molecular formula is C20H25N3O6. The van der Waals surface area contributed by atoms with Crippen molar-refractivity contribution in [2.45, 2.75) is 19.4 Å². The van der Waals surface area contributed by atoms with Gasteiger partial charge in [-0.15, -0.1) is 0 Å². The lowest BCUT2D eigenvalue weighted by atomic mass is 10.2. The van der Waals surface area contributed by atoms with E-state index in [9.17, 15) is 19.2 Å². The molecule has 1 unspecified atom stereocenters. The van der Waals surface area contributed by atoms with E-state index in [0.717, 1.165) is 18.0 Å². The third-order valence-electron chi connectivity index (χ3n) is 5.21. The SMILES string of the molecule is COC(=O)c1ccc(N2C(=O)CC(N(CCN3CCOCC3)C(C)=O)C2=O)cc1. The first-order chi connectivity index (χ1) is 13.9. The molecule has 1 aromatic carbocycles. The Bertz CT molecular complexity index is 788. The molecule has 9 nitrogen and oxygen atoms in total. The number of rotatable bonds is 6. The van der Waals surface area contributed by atoms with Crippen LogP contribution in [0.25, 0.3) is 0 Å². The lowest BCUT2D eigenvalue weighted by Gasteiger charge is -2.31. The van der Waals surface area contributed by atoms with Crippen LogP contribution in [0, 0.1) is 0 Å². The molecule has 2 heterocycles. The number of benzene rings is 1. The summed E-state index contributed by atoms with van der Waals surface area (Å²) in [5.74, 6) is -1.55. The highest BCUT2D eigenvalue weighted by atomic mass is 16.5. The fraction of sp³-hybridized carbons (Fsp3) is 0.500. The molecule has 0 bridgehead atoms. The first-order valence-electron chi connectivity index (χ1n) is 9.55. The first-order valence-corrected chi connectivity index (χ1v) is 9.55. The van der Waals surface area contributed by atoms with Crippen LogP contribution in [0.4, 0.5) is 5.69 Å². The Morgan fingerprint density at radius 3 is 2.41 bits per heavy atom. The van der Waals surface area contributed by atoms with Gasteiger partial charge in [-0.05, 0) is 24.3 Å². The number of methoxy groups -OCH3 is 1. The number of carbonyl (C=O) groups is 4. The summed E-state index contributed by atoms with van der Waals surface area (Å²) in [4.78, 5) is 54.0. The maximum atomic E-state index is 13.0. The molecular weight excluding hydrogens is 378 g/mol. The molecule has 2 aliphatic rings. The van der Waals surface area contributed by atoms with Gasteiger partial charge in [0.05, 0.1) is 38.0 Å². The Kier molecular flexibility index (Phi) is 6.60. The van der Waals surface area contributed by atoms with E-state index in [1.807, 2.05) is 0 Å². The van der Waals surface area contributed by atoms with Crippen LogP contribution in [0.5, 0.6) is 0 Å². The molecule has 0 aliphatic carbocycles. The van der Waals surface area contributed by atoms with E-state index in [0.29, 0.717) is 37.6 Å². The van der Waals surface area contributed by atoms with E-state index in [1.54, 1.807) is 0 Å². The van der Waals surface area contributed by atoms with E-state index in [-0.39, 0.29) is 18.2 Å². The van der Waals surface area contributed by atoms with E-state index in [4.69, 9.17) is 4.74 Å². The van der Waals surface area contributed by atoms with Gasteiger partial charge in [0.1, 0.15) is 6.04 Å². The molecule has 0 aromatic heterocycles. The average molecular weight is 403 g/mol. The van der Waals surface area contributed by atoms with Crippen molar-refractivity contribution in [3.63, 3.8) is 0 Å². The summed E-state index contributed by atoms with van der Waals surface area (Å²) in [6, 6.07) is 5.22. The maximum absolute atomic E-state index is 13.0. The Balaban J connectivity index is 1.71. The number of imide groups is 1. The van der Waals surface area contributed by atoms with Gasteiger partial charge in [-0.2, -0.15) is 0 Å². The minimum absolute atomic E-state index is 0.0553. The summed E-state index contributed by atoms with van der Waals surface area (Å²) in [5, 5.41) is 0. The number of morpholine rings is 1. The summed E-state index contributed by atoms with van der Waals surface area (Å²) < 4.78 is 9.97. The quantitative estimate of drug-likeness (QED) is 0.497. The topological polar surface area (TPSA) is 96.5 Å². The minimum atomic E-state index is -0.818. The molecule has 9 heteroatoms. The minimum Gasteiger partial charge on any atom is -0.465 e. The number of nitrogens with zero attached hydrogens (tertiary/aromatic N) is 3. The van der Waals surface area contributed by atoms with Gasteiger partial charge in [0, 0.05) is 33.1 Å². The van der Waals surface area contributed by atoms with Crippen molar-refractivity contribution in [1.29, 1.82) is 0 Å². The zero-order valence-electron chi connectivity index (χ0n) is 16.6. The van der Waals surface area contributed by atoms with Gasteiger partial charge in [0.15, 0.2) is 0 Å². The third-order valence-corrected chi connectivity index (χ3v) is 5.21. The average Bonchev–Trinajstić information content (AvgIpc) is 3.02. The van der Waals surface area contributed by atoms with Crippen molar-refractivity contribution in [2.24, 2.45) is 0 Å². The van der Waals surface area contributed by atoms with Crippen LogP contribution in [-0.2, 0) is 23.9 Å². The van der Waals surface area contributed by atoms with Crippen molar-refractivity contribution in [1.82, 2.24) is 9.80 Å². The van der Waals surface area contributed by atoms with Gasteiger partial charge in [-0.3, -0.25) is 19.3 Å². The first kappa shape index (κ1) is 20.9. The molecule has 156 valence electrons. The largest absolute Gasteiger partial charge is 0.465 e. The normalized spacial score (nSPS) is 20.1. The molecule has 1 atom stereocenters. The fourth-order valence-electron chi connectivity index (χ4n) is 3.60. The molecule has 0 N–H and O–H groups in total.